The van der Waals surface area contributed by atoms with Crippen molar-refractivity contribution in [3.63, 3.8) is 0 Å². The number of sulfone groups is 1. The molecule has 1 atom stereocenters. The Morgan fingerprint density at radius 3 is 2.48 bits per heavy atom. The van der Waals surface area contributed by atoms with Gasteiger partial charge in [-0.05, 0) is 12.0 Å². The maximum absolute atomic E-state index is 11.7. The van der Waals surface area contributed by atoms with E-state index in [2.05, 4.69) is 5.32 Å². The Bertz CT molecular complexity index is 642. The normalized spacial score (nSPS) is 23.4. The predicted octanol–water partition coefficient (Wildman–Crippen LogP) is 0.555. The van der Waals surface area contributed by atoms with Crippen molar-refractivity contribution in [3.8, 4) is 0 Å². The number of ether oxygens (including phenoxy) is 1. The number of aliphatic carboxylic acids is 1. The minimum Gasteiger partial charge on any atom is -0.479 e. The Balaban J connectivity index is 1.99. The average molecular weight is 313 g/mol. The molecule has 1 unspecified atom stereocenters. The van der Waals surface area contributed by atoms with E-state index in [1.54, 1.807) is 24.3 Å². The van der Waals surface area contributed by atoms with E-state index in [4.69, 9.17) is 4.74 Å². The molecule has 21 heavy (non-hydrogen) atoms. The third-order valence-electron chi connectivity index (χ3n) is 3.27. The highest BCUT2D eigenvalue weighted by Gasteiger charge is 2.50. The van der Waals surface area contributed by atoms with Crippen molar-refractivity contribution in [1.82, 2.24) is 5.32 Å². The predicted molar refractivity (Wildman–Crippen MR) is 73.4 cm³/mol. The first-order chi connectivity index (χ1) is 9.83. The maximum atomic E-state index is 11.7. The number of hydrogen-bond donors (Lipinski definition) is 2. The van der Waals surface area contributed by atoms with Crippen LogP contribution in [0.15, 0.2) is 30.3 Å². The third-order valence-corrected chi connectivity index (χ3v) is 5.03. The average Bonchev–Trinajstić information content (AvgIpc) is 2.74. The highest BCUT2D eigenvalue weighted by atomic mass is 32.2. The van der Waals surface area contributed by atoms with Crippen LogP contribution in [-0.4, -0.2) is 42.6 Å². The lowest BCUT2D eigenvalue weighted by molar-refractivity contribution is -0.143. The zero-order valence-electron chi connectivity index (χ0n) is 11.1. The second-order valence-corrected chi connectivity index (χ2v) is 7.10. The molecule has 0 aliphatic carbocycles. The summed E-state index contributed by atoms with van der Waals surface area (Å²) in [5, 5.41) is 11.4. The van der Waals surface area contributed by atoms with Gasteiger partial charge in [0.25, 0.3) is 0 Å². The molecule has 1 aromatic carbocycles. The molecule has 2 rings (SSSR count). The van der Waals surface area contributed by atoms with Crippen molar-refractivity contribution < 1.29 is 27.9 Å². The summed E-state index contributed by atoms with van der Waals surface area (Å²) in [5.41, 5.74) is -1.05. The lowest BCUT2D eigenvalue weighted by atomic mass is 10.00. The molecule has 1 amide bonds. The van der Waals surface area contributed by atoms with Crippen LogP contribution in [0.4, 0.5) is 4.79 Å². The number of benzene rings is 1. The topological polar surface area (TPSA) is 110 Å². The Kier molecular flexibility index (Phi) is 4.17. The van der Waals surface area contributed by atoms with Crippen molar-refractivity contribution in [2.24, 2.45) is 0 Å². The first-order valence-electron chi connectivity index (χ1n) is 6.26. The first kappa shape index (κ1) is 15.3. The zero-order chi connectivity index (χ0) is 15.5. The van der Waals surface area contributed by atoms with Crippen LogP contribution in [0.25, 0.3) is 0 Å². The lowest BCUT2D eigenvalue weighted by Crippen LogP contribution is -2.55. The van der Waals surface area contributed by atoms with Gasteiger partial charge in [0, 0.05) is 0 Å². The fourth-order valence-electron chi connectivity index (χ4n) is 2.12. The van der Waals surface area contributed by atoms with Crippen molar-refractivity contribution >= 4 is 21.9 Å². The first-order valence-corrected chi connectivity index (χ1v) is 8.08. The number of carbonyl (C=O) groups is 2. The van der Waals surface area contributed by atoms with Gasteiger partial charge in [0.05, 0.1) is 11.5 Å². The van der Waals surface area contributed by atoms with Crippen LogP contribution in [0.2, 0.25) is 0 Å². The van der Waals surface area contributed by atoms with E-state index in [0.717, 1.165) is 5.56 Å². The molecule has 0 saturated carbocycles. The molecule has 8 heteroatoms. The summed E-state index contributed by atoms with van der Waals surface area (Å²) >= 11 is 0. The van der Waals surface area contributed by atoms with Crippen molar-refractivity contribution in [2.45, 2.75) is 18.6 Å². The van der Waals surface area contributed by atoms with Crippen LogP contribution >= 0.6 is 0 Å². The van der Waals surface area contributed by atoms with Gasteiger partial charge >= 0.3 is 12.1 Å². The van der Waals surface area contributed by atoms with Crippen LogP contribution in [0.3, 0.4) is 0 Å². The Morgan fingerprint density at radius 1 is 1.29 bits per heavy atom. The summed E-state index contributed by atoms with van der Waals surface area (Å²) in [6, 6.07) is 8.87. The summed E-state index contributed by atoms with van der Waals surface area (Å²) in [6.07, 6.45) is -1.11. The van der Waals surface area contributed by atoms with Crippen molar-refractivity contribution in [3.05, 3.63) is 35.9 Å². The number of hydrogen-bond acceptors (Lipinski definition) is 5. The lowest BCUT2D eigenvalue weighted by Gasteiger charge is -2.23. The largest absolute Gasteiger partial charge is 0.479 e. The number of nitrogens with one attached hydrogen (secondary N) is 1. The van der Waals surface area contributed by atoms with Crippen LogP contribution in [0.5, 0.6) is 0 Å². The molecule has 1 aliphatic heterocycles. The molecule has 2 N–H and O–H groups in total. The van der Waals surface area contributed by atoms with Crippen LogP contribution in [-0.2, 0) is 26.0 Å². The molecule has 1 aliphatic rings. The Labute approximate surface area is 121 Å². The van der Waals surface area contributed by atoms with Gasteiger partial charge in [0.15, 0.2) is 15.4 Å². The van der Waals surface area contributed by atoms with Crippen LogP contribution in [0.1, 0.15) is 12.0 Å². The van der Waals surface area contributed by atoms with E-state index in [0.29, 0.717) is 0 Å². The van der Waals surface area contributed by atoms with E-state index in [-0.39, 0.29) is 18.8 Å². The molecule has 0 aromatic heterocycles. The van der Waals surface area contributed by atoms with Gasteiger partial charge in [-0.15, -0.1) is 0 Å². The van der Waals surface area contributed by atoms with Gasteiger partial charge < -0.3 is 15.2 Å². The molecule has 1 saturated heterocycles. The van der Waals surface area contributed by atoms with Crippen LogP contribution < -0.4 is 5.32 Å². The van der Waals surface area contributed by atoms with Gasteiger partial charge in [-0.3, -0.25) is 0 Å². The number of rotatable bonds is 4. The second-order valence-electron chi connectivity index (χ2n) is 4.92. The molecule has 114 valence electrons. The third kappa shape index (κ3) is 3.72. The molecule has 0 radical (unpaired) electrons. The van der Waals surface area contributed by atoms with E-state index in [9.17, 15) is 23.1 Å². The fraction of sp³-hybridized carbons (Fsp3) is 0.385. The molecule has 1 fully saturated rings. The smallest absolute Gasteiger partial charge is 0.408 e. The number of amides is 1. The Hall–Kier alpha value is -2.09. The number of carboxylic acids is 1. The summed E-state index contributed by atoms with van der Waals surface area (Å²) in [6.45, 7) is -0.0187. The minimum atomic E-state index is -3.46. The summed E-state index contributed by atoms with van der Waals surface area (Å²) < 4.78 is 27.8. The van der Waals surface area contributed by atoms with E-state index >= 15 is 0 Å². The maximum Gasteiger partial charge on any atom is 0.408 e. The second kappa shape index (κ2) is 5.72. The SMILES string of the molecule is O=C(NC1(C(=O)O)CCS(=O)(=O)C1)OCc1ccccc1. The van der Waals surface area contributed by atoms with E-state index in [1.165, 1.54) is 0 Å². The summed E-state index contributed by atoms with van der Waals surface area (Å²) in [5.74, 6) is -2.26. The fourth-order valence-corrected chi connectivity index (χ4v) is 4.02. The highest BCUT2D eigenvalue weighted by Crippen LogP contribution is 2.24. The van der Waals surface area contributed by atoms with Crippen LogP contribution in [0, 0.1) is 0 Å². The van der Waals surface area contributed by atoms with Crippen molar-refractivity contribution in [1.29, 1.82) is 0 Å². The van der Waals surface area contributed by atoms with Gasteiger partial charge in [-0.1, -0.05) is 30.3 Å². The van der Waals surface area contributed by atoms with Gasteiger partial charge in [0.2, 0.25) is 0 Å². The standard InChI is InChI=1S/C13H15NO6S/c15-11(16)13(6-7-21(18,19)9-13)14-12(17)20-8-10-4-2-1-3-5-10/h1-5H,6-9H2,(H,14,17)(H,15,16). The number of alkyl carbamates (subject to hydrolysis) is 1. The van der Waals surface area contributed by atoms with Gasteiger partial charge in [0.1, 0.15) is 6.61 Å². The van der Waals surface area contributed by atoms with Gasteiger partial charge in [-0.2, -0.15) is 0 Å². The van der Waals surface area contributed by atoms with E-state index < -0.39 is 33.2 Å². The summed E-state index contributed by atoms with van der Waals surface area (Å²) in [4.78, 5) is 23.0. The molecule has 0 spiro atoms. The molecule has 7 nitrogen and oxygen atoms in total. The monoisotopic (exact) mass is 313 g/mol. The number of carboxylic acid groups (broad SMARTS) is 1. The minimum absolute atomic E-state index is 0.0187. The van der Waals surface area contributed by atoms with E-state index in [1.807, 2.05) is 6.07 Å². The Morgan fingerprint density at radius 2 is 1.95 bits per heavy atom. The molecular formula is C13H15NO6S. The van der Waals surface area contributed by atoms with Crippen molar-refractivity contribution in [2.75, 3.05) is 11.5 Å². The highest BCUT2D eigenvalue weighted by molar-refractivity contribution is 7.91. The number of carbonyl (C=O) groups excluding carboxylic acids is 1. The van der Waals surface area contributed by atoms with Gasteiger partial charge in [-0.25, -0.2) is 18.0 Å². The quantitative estimate of drug-likeness (QED) is 0.840. The summed E-state index contributed by atoms with van der Waals surface area (Å²) in [7, 11) is -3.46. The molecular weight excluding hydrogens is 298 g/mol. The molecule has 1 aromatic rings. The molecule has 0 bridgehead atoms. The molecule has 1 heterocycles. The zero-order valence-corrected chi connectivity index (χ0v) is 11.9.